The van der Waals surface area contributed by atoms with E-state index in [0.717, 1.165) is 32.1 Å². The molecule has 1 aromatic rings. The molecule has 1 fully saturated rings. The van der Waals surface area contributed by atoms with E-state index in [2.05, 4.69) is 15.4 Å². The van der Waals surface area contributed by atoms with E-state index in [-0.39, 0.29) is 23.0 Å². The number of alkyl halides is 2. The van der Waals surface area contributed by atoms with Crippen LogP contribution in [0.15, 0.2) is 24.3 Å². The van der Waals surface area contributed by atoms with Crippen LogP contribution in [0.1, 0.15) is 57.4 Å². The molecule has 0 bridgehead atoms. The van der Waals surface area contributed by atoms with Gasteiger partial charge in [-0.15, -0.1) is 0 Å². The number of benzene rings is 1. The zero-order valence-electron chi connectivity index (χ0n) is 17.5. The maximum Gasteiger partial charge on any atom is 0.387 e. The molecule has 166 valence electrons. The van der Waals surface area contributed by atoms with E-state index >= 15 is 0 Å². The Kier molecular flexibility index (Phi) is 9.08. The molecule has 0 aromatic heterocycles. The molecule has 6 nitrogen and oxygen atoms in total. The third-order valence-corrected chi connectivity index (χ3v) is 5.17. The summed E-state index contributed by atoms with van der Waals surface area (Å²) in [6.07, 6.45) is 8.32. The Morgan fingerprint density at radius 3 is 2.60 bits per heavy atom. The summed E-state index contributed by atoms with van der Waals surface area (Å²) < 4.78 is 35.2. The first-order valence-electron chi connectivity index (χ1n) is 10.3. The number of nitrogens with one attached hydrogen (secondary N) is 2. The van der Waals surface area contributed by atoms with Crippen LogP contribution in [0.3, 0.4) is 0 Å². The zero-order valence-corrected chi connectivity index (χ0v) is 17.5. The smallest absolute Gasteiger partial charge is 0.387 e. The van der Waals surface area contributed by atoms with E-state index in [1.54, 1.807) is 6.07 Å². The number of unbranched alkanes of at least 4 members (excludes halogenated alkanes) is 1. The standard InChI is InChI=1S/C22H30F2N2O4/c1-3-4-15-25-20(28)22(13-6-5-7-14-22)26-18(27)12-11-16-9-8-10-17(29-2)19(16)30-21(23)24/h8-12,21H,3-7,13-15H2,1-2H3,(H,25,28)(H,26,27)/b12-11+. The van der Waals surface area contributed by atoms with E-state index in [0.29, 0.717) is 19.4 Å². The van der Waals surface area contributed by atoms with Gasteiger partial charge in [0, 0.05) is 18.2 Å². The second-order valence-electron chi connectivity index (χ2n) is 7.33. The van der Waals surface area contributed by atoms with Gasteiger partial charge in [0.25, 0.3) is 0 Å². The highest BCUT2D eigenvalue weighted by Gasteiger charge is 2.40. The van der Waals surface area contributed by atoms with Gasteiger partial charge < -0.3 is 20.1 Å². The number of carbonyl (C=O) groups is 2. The Morgan fingerprint density at radius 1 is 1.23 bits per heavy atom. The van der Waals surface area contributed by atoms with Crippen molar-refractivity contribution in [1.29, 1.82) is 0 Å². The molecule has 0 radical (unpaired) electrons. The first kappa shape index (κ1) is 23.6. The number of ether oxygens (including phenoxy) is 2. The number of amides is 2. The summed E-state index contributed by atoms with van der Waals surface area (Å²) in [6, 6.07) is 4.64. The maximum absolute atomic E-state index is 12.8. The second kappa shape index (κ2) is 11.5. The number of hydrogen-bond donors (Lipinski definition) is 2. The number of carbonyl (C=O) groups excluding carboxylic acids is 2. The molecule has 30 heavy (non-hydrogen) atoms. The number of hydrogen-bond acceptors (Lipinski definition) is 4. The molecule has 1 aromatic carbocycles. The number of methoxy groups -OCH3 is 1. The summed E-state index contributed by atoms with van der Waals surface area (Å²) in [5, 5.41) is 5.78. The fraction of sp³-hybridized carbons (Fsp3) is 0.545. The van der Waals surface area contributed by atoms with Crippen LogP contribution in [0, 0.1) is 0 Å². The minimum absolute atomic E-state index is 0.136. The van der Waals surface area contributed by atoms with Crippen molar-refractivity contribution in [2.45, 2.75) is 64.0 Å². The molecule has 0 spiro atoms. The molecule has 0 unspecified atom stereocenters. The van der Waals surface area contributed by atoms with Gasteiger partial charge in [-0.3, -0.25) is 9.59 Å². The third kappa shape index (κ3) is 6.43. The van der Waals surface area contributed by atoms with Gasteiger partial charge in [0.15, 0.2) is 11.5 Å². The minimum Gasteiger partial charge on any atom is -0.493 e. The van der Waals surface area contributed by atoms with Crippen LogP contribution in [-0.4, -0.2) is 37.6 Å². The van der Waals surface area contributed by atoms with Crippen molar-refractivity contribution in [3.05, 3.63) is 29.8 Å². The highest BCUT2D eigenvalue weighted by Crippen LogP contribution is 2.33. The van der Waals surface area contributed by atoms with E-state index in [1.165, 1.54) is 31.4 Å². The molecular weight excluding hydrogens is 394 g/mol. The molecule has 0 atom stereocenters. The van der Waals surface area contributed by atoms with Crippen molar-refractivity contribution in [1.82, 2.24) is 10.6 Å². The van der Waals surface area contributed by atoms with Crippen molar-refractivity contribution in [2.75, 3.05) is 13.7 Å². The average Bonchev–Trinajstić information content (AvgIpc) is 2.73. The molecule has 2 rings (SSSR count). The van der Waals surface area contributed by atoms with Crippen molar-refractivity contribution >= 4 is 17.9 Å². The predicted molar refractivity (Wildman–Crippen MR) is 111 cm³/mol. The monoisotopic (exact) mass is 424 g/mol. The van der Waals surface area contributed by atoms with Gasteiger partial charge in [0.1, 0.15) is 5.54 Å². The van der Waals surface area contributed by atoms with Crippen molar-refractivity contribution in [2.24, 2.45) is 0 Å². The Bertz CT molecular complexity index is 747. The van der Waals surface area contributed by atoms with Crippen molar-refractivity contribution < 1.29 is 27.8 Å². The van der Waals surface area contributed by atoms with Crippen LogP contribution in [0.25, 0.3) is 6.08 Å². The lowest BCUT2D eigenvalue weighted by Gasteiger charge is -2.36. The summed E-state index contributed by atoms with van der Waals surface area (Å²) in [5.41, 5.74) is -0.667. The summed E-state index contributed by atoms with van der Waals surface area (Å²) in [6.45, 7) is -0.416. The molecule has 8 heteroatoms. The van der Waals surface area contributed by atoms with E-state index < -0.39 is 18.1 Å². The van der Waals surface area contributed by atoms with Crippen molar-refractivity contribution in [3.63, 3.8) is 0 Å². The van der Waals surface area contributed by atoms with Crippen molar-refractivity contribution in [3.8, 4) is 11.5 Å². The van der Waals surface area contributed by atoms with Gasteiger partial charge in [-0.2, -0.15) is 8.78 Å². The van der Waals surface area contributed by atoms with Gasteiger partial charge >= 0.3 is 6.61 Å². The van der Waals surface area contributed by atoms with Gasteiger partial charge in [-0.05, 0) is 31.4 Å². The molecule has 1 aliphatic carbocycles. The van der Waals surface area contributed by atoms with Gasteiger partial charge in [-0.1, -0.05) is 44.7 Å². The quantitative estimate of drug-likeness (QED) is 0.439. The van der Waals surface area contributed by atoms with Gasteiger partial charge in [0.05, 0.1) is 7.11 Å². The molecule has 0 heterocycles. The summed E-state index contributed by atoms with van der Waals surface area (Å²) in [4.78, 5) is 25.4. The summed E-state index contributed by atoms with van der Waals surface area (Å²) in [5.74, 6) is -0.644. The largest absolute Gasteiger partial charge is 0.493 e. The molecule has 2 N–H and O–H groups in total. The molecule has 1 saturated carbocycles. The molecule has 0 saturated heterocycles. The molecule has 2 amide bonds. The minimum atomic E-state index is -3.03. The molecular formula is C22H30F2N2O4. The SMILES string of the molecule is CCCCNC(=O)C1(NC(=O)/C=C/c2cccc(OC)c2OC(F)F)CCCCC1. The first-order chi connectivity index (χ1) is 14.4. The molecule has 0 aliphatic heterocycles. The third-order valence-electron chi connectivity index (χ3n) is 5.17. The van der Waals surface area contributed by atoms with Crippen LogP contribution in [0.4, 0.5) is 8.78 Å². The fourth-order valence-corrected chi connectivity index (χ4v) is 3.60. The number of para-hydroxylation sites is 1. The number of halogens is 2. The normalized spacial score (nSPS) is 15.8. The van der Waals surface area contributed by atoms with Crippen LogP contribution in [0.2, 0.25) is 0 Å². The van der Waals surface area contributed by atoms with Crippen LogP contribution < -0.4 is 20.1 Å². The van der Waals surface area contributed by atoms with E-state index in [9.17, 15) is 18.4 Å². The highest BCUT2D eigenvalue weighted by atomic mass is 19.3. The zero-order chi connectivity index (χ0) is 22.0. The topological polar surface area (TPSA) is 76.7 Å². The lowest BCUT2D eigenvalue weighted by Crippen LogP contribution is -2.59. The lowest BCUT2D eigenvalue weighted by atomic mass is 9.80. The maximum atomic E-state index is 12.8. The van der Waals surface area contributed by atoms with Crippen LogP contribution >= 0.6 is 0 Å². The Morgan fingerprint density at radius 2 is 1.97 bits per heavy atom. The Hall–Kier alpha value is -2.64. The number of rotatable bonds is 10. The Balaban J connectivity index is 2.15. The van der Waals surface area contributed by atoms with Crippen LogP contribution in [0.5, 0.6) is 11.5 Å². The molecule has 1 aliphatic rings. The average molecular weight is 424 g/mol. The van der Waals surface area contributed by atoms with Crippen LogP contribution in [-0.2, 0) is 9.59 Å². The summed E-state index contributed by atoms with van der Waals surface area (Å²) >= 11 is 0. The predicted octanol–water partition coefficient (Wildman–Crippen LogP) is 4.05. The Labute approximate surface area is 176 Å². The summed E-state index contributed by atoms with van der Waals surface area (Å²) in [7, 11) is 1.35. The second-order valence-corrected chi connectivity index (χ2v) is 7.33. The fourth-order valence-electron chi connectivity index (χ4n) is 3.60. The first-order valence-corrected chi connectivity index (χ1v) is 10.3. The lowest BCUT2D eigenvalue weighted by molar-refractivity contribution is -0.133. The van der Waals surface area contributed by atoms with Gasteiger partial charge in [-0.25, -0.2) is 0 Å². The van der Waals surface area contributed by atoms with Gasteiger partial charge in [0.2, 0.25) is 11.8 Å². The highest BCUT2D eigenvalue weighted by molar-refractivity contribution is 5.97. The van der Waals surface area contributed by atoms with E-state index in [1.807, 2.05) is 6.92 Å². The van der Waals surface area contributed by atoms with E-state index in [4.69, 9.17) is 4.74 Å².